The monoisotopic (exact) mass is 127 g/mol. The van der Waals surface area contributed by atoms with Crippen molar-refractivity contribution in [3.63, 3.8) is 0 Å². The number of hydrogen-bond donors (Lipinski definition) is 0. The number of halogens is 3. The van der Waals surface area contributed by atoms with Gasteiger partial charge in [0.2, 0.25) is 0 Å². The summed E-state index contributed by atoms with van der Waals surface area (Å²) in [5, 5.41) is 0. The second kappa shape index (κ2) is 92.9. The van der Waals surface area contributed by atoms with Gasteiger partial charge in [0.1, 0.15) is 0 Å². The third-order valence-corrected chi connectivity index (χ3v) is 0. The SMILES string of the molecule is F.F.F.[Co].[LiH]. The topological polar surface area (TPSA) is 0 Å². The van der Waals surface area contributed by atoms with Crippen molar-refractivity contribution in [2.45, 2.75) is 0 Å². The summed E-state index contributed by atoms with van der Waals surface area (Å²) in [5.74, 6) is 0. The van der Waals surface area contributed by atoms with E-state index in [1.807, 2.05) is 0 Å². The Morgan fingerprint density at radius 2 is 0.600 bits per heavy atom. The van der Waals surface area contributed by atoms with Gasteiger partial charge in [-0.25, -0.2) is 0 Å². The van der Waals surface area contributed by atoms with Gasteiger partial charge in [-0.15, -0.1) is 0 Å². The van der Waals surface area contributed by atoms with E-state index in [9.17, 15) is 0 Å². The van der Waals surface area contributed by atoms with E-state index in [1.165, 1.54) is 0 Å². The summed E-state index contributed by atoms with van der Waals surface area (Å²) in [6.45, 7) is 0. The summed E-state index contributed by atoms with van der Waals surface area (Å²) in [6.07, 6.45) is 0. The summed E-state index contributed by atoms with van der Waals surface area (Å²) in [5.41, 5.74) is 0. The van der Waals surface area contributed by atoms with Gasteiger partial charge in [-0.1, -0.05) is 0 Å². The minimum absolute atomic E-state index is 0. The molecule has 0 aromatic heterocycles. The van der Waals surface area contributed by atoms with Gasteiger partial charge in [0.25, 0.3) is 0 Å². The van der Waals surface area contributed by atoms with E-state index in [0.717, 1.165) is 0 Å². The van der Waals surface area contributed by atoms with E-state index in [4.69, 9.17) is 0 Å². The van der Waals surface area contributed by atoms with Crippen molar-refractivity contribution >= 4 is 18.9 Å². The molecule has 0 unspecified atom stereocenters. The molecule has 0 spiro atoms. The molecular formula is H4CoF3Li. The Morgan fingerprint density at radius 1 is 0.600 bits per heavy atom. The van der Waals surface area contributed by atoms with E-state index in [-0.39, 0.29) is 49.8 Å². The van der Waals surface area contributed by atoms with Crippen LogP contribution < -0.4 is 0 Å². The molecule has 0 aromatic carbocycles. The molecule has 1 radical (unpaired) electrons. The standard InChI is InChI=1S/Co.3FH.Li.H/h;3*1H;;. The van der Waals surface area contributed by atoms with Crippen LogP contribution in [-0.2, 0) is 16.8 Å². The molecule has 0 N–H and O–H groups in total. The molecule has 0 nitrogen and oxygen atoms in total. The molecule has 0 amide bonds. The molecule has 35 valence electrons. The Hall–Kier alpha value is 0.894. The zero-order valence-electron chi connectivity index (χ0n) is 1.56. The Balaban J connectivity index is 0. The second-order valence-electron chi connectivity index (χ2n) is 0. The molecule has 0 aliphatic rings. The van der Waals surface area contributed by atoms with E-state index in [0.29, 0.717) is 0 Å². The van der Waals surface area contributed by atoms with E-state index in [2.05, 4.69) is 0 Å². The second-order valence-corrected chi connectivity index (χ2v) is 0. The van der Waals surface area contributed by atoms with Gasteiger partial charge in [-0.05, 0) is 0 Å². The molecule has 0 saturated heterocycles. The van der Waals surface area contributed by atoms with Gasteiger partial charge in [0.15, 0.2) is 0 Å². The maximum atomic E-state index is 0. The molecule has 0 saturated carbocycles. The quantitative estimate of drug-likeness (QED) is 0.395. The fourth-order valence-corrected chi connectivity index (χ4v) is 0. The van der Waals surface area contributed by atoms with E-state index >= 15 is 0 Å². The van der Waals surface area contributed by atoms with Crippen molar-refractivity contribution in [2.75, 3.05) is 0 Å². The van der Waals surface area contributed by atoms with Crippen LogP contribution in [0.5, 0.6) is 0 Å². The van der Waals surface area contributed by atoms with Gasteiger partial charge in [-0.2, -0.15) is 0 Å². The molecule has 0 aliphatic heterocycles. The van der Waals surface area contributed by atoms with Crippen LogP contribution in [0.3, 0.4) is 0 Å². The van der Waals surface area contributed by atoms with Crippen LogP contribution in [0.4, 0.5) is 14.1 Å². The van der Waals surface area contributed by atoms with Crippen molar-refractivity contribution in [3.8, 4) is 0 Å². The van der Waals surface area contributed by atoms with Crippen LogP contribution in [0.1, 0.15) is 0 Å². The van der Waals surface area contributed by atoms with Gasteiger partial charge in [0, 0.05) is 16.8 Å². The molecule has 0 rings (SSSR count). The number of rotatable bonds is 0. The molecule has 0 atom stereocenters. The first-order valence-electron chi connectivity index (χ1n) is 0. The predicted molar refractivity (Wildman–Crippen MR) is 14.7 cm³/mol. The Morgan fingerprint density at radius 3 is 0.600 bits per heavy atom. The minimum atomic E-state index is 0. The maximum absolute atomic E-state index is 0. The van der Waals surface area contributed by atoms with Crippen molar-refractivity contribution in [3.05, 3.63) is 0 Å². The van der Waals surface area contributed by atoms with Crippen molar-refractivity contribution in [2.24, 2.45) is 0 Å². The van der Waals surface area contributed by atoms with Crippen LogP contribution in [0, 0.1) is 0 Å². The van der Waals surface area contributed by atoms with Crippen LogP contribution in [0.15, 0.2) is 0 Å². The first kappa shape index (κ1) is 177. The Kier molecular flexibility index (Phi) is 3280. The van der Waals surface area contributed by atoms with E-state index in [1.54, 1.807) is 0 Å². The van der Waals surface area contributed by atoms with Gasteiger partial charge in [0.05, 0.1) is 0 Å². The predicted octanol–water partition coefficient (Wildman–Crippen LogP) is -0.193. The summed E-state index contributed by atoms with van der Waals surface area (Å²) < 4.78 is 0. The van der Waals surface area contributed by atoms with E-state index < -0.39 is 0 Å². The van der Waals surface area contributed by atoms with Crippen molar-refractivity contribution in [1.29, 1.82) is 0 Å². The average Bonchev–Trinajstić information content (AvgIpc) is 0. The number of hydrogen-bond acceptors (Lipinski definition) is 0. The average molecular weight is 127 g/mol. The third kappa shape index (κ3) is 51.3. The first-order valence-corrected chi connectivity index (χ1v) is 0. The van der Waals surface area contributed by atoms with Gasteiger partial charge >= 0.3 is 18.9 Å². The molecule has 0 aromatic rings. The molecule has 5 heteroatoms. The Labute approximate surface area is 50.2 Å². The zero-order valence-corrected chi connectivity index (χ0v) is 2.60. The molecule has 0 fully saturated rings. The van der Waals surface area contributed by atoms with Crippen molar-refractivity contribution in [1.82, 2.24) is 0 Å². The van der Waals surface area contributed by atoms with Crippen LogP contribution in [0.2, 0.25) is 0 Å². The zero-order chi connectivity index (χ0) is 0. The van der Waals surface area contributed by atoms with Gasteiger partial charge in [-0.3, -0.25) is 14.1 Å². The normalized spacial score (nSPS) is 0. The third-order valence-electron chi connectivity index (χ3n) is 0. The molecule has 5 heavy (non-hydrogen) atoms. The summed E-state index contributed by atoms with van der Waals surface area (Å²) in [4.78, 5) is 0. The summed E-state index contributed by atoms with van der Waals surface area (Å²) in [6, 6.07) is 0. The van der Waals surface area contributed by atoms with Crippen molar-refractivity contribution < 1.29 is 30.9 Å². The molecule has 0 aliphatic carbocycles. The van der Waals surface area contributed by atoms with Crippen LogP contribution in [-0.4, -0.2) is 18.9 Å². The van der Waals surface area contributed by atoms with Crippen LogP contribution in [0.25, 0.3) is 0 Å². The summed E-state index contributed by atoms with van der Waals surface area (Å²) >= 11 is 0. The van der Waals surface area contributed by atoms with Crippen LogP contribution >= 0.6 is 0 Å². The first-order chi connectivity index (χ1) is 0. The Bertz CT molecular complexity index is 6.85. The molecule has 0 bridgehead atoms. The summed E-state index contributed by atoms with van der Waals surface area (Å²) in [7, 11) is 0. The van der Waals surface area contributed by atoms with Gasteiger partial charge < -0.3 is 0 Å². The molecule has 0 heterocycles. The fraction of sp³-hybridized carbons (Fsp3) is 0. The fourth-order valence-electron chi connectivity index (χ4n) is 0. The molecular weight excluding hydrogens is 123 g/mol.